The van der Waals surface area contributed by atoms with Gasteiger partial charge in [-0.05, 0) is 25.2 Å². The number of nitrogens with zero attached hydrogens (tertiary/aromatic N) is 3. The quantitative estimate of drug-likeness (QED) is 0.844. The molecule has 0 radical (unpaired) electrons. The molecule has 0 spiro atoms. The van der Waals surface area contributed by atoms with Crippen LogP contribution in [0.15, 0.2) is 4.63 Å². The fourth-order valence-corrected chi connectivity index (χ4v) is 2.56. The van der Waals surface area contributed by atoms with Gasteiger partial charge in [0.1, 0.15) is 11.4 Å². The molecule has 0 unspecified atom stereocenters. The van der Waals surface area contributed by atoms with E-state index in [2.05, 4.69) is 29.1 Å². The average Bonchev–Trinajstić information content (AvgIpc) is 2.53. The van der Waals surface area contributed by atoms with Gasteiger partial charge >= 0.3 is 0 Å². The van der Waals surface area contributed by atoms with Gasteiger partial charge in [-0.3, -0.25) is 4.90 Å². The maximum Gasteiger partial charge on any atom is 0.122 e. The van der Waals surface area contributed by atoms with Crippen molar-refractivity contribution in [2.45, 2.75) is 46.3 Å². The lowest BCUT2D eigenvalue weighted by Crippen LogP contribution is -2.32. The molecule has 1 saturated heterocycles. The van der Waals surface area contributed by atoms with E-state index in [9.17, 15) is 5.11 Å². The molecule has 1 N–H and O–H groups in total. The second-order valence-electron chi connectivity index (χ2n) is 5.82. The van der Waals surface area contributed by atoms with E-state index >= 15 is 0 Å². The molecule has 0 aromatic carbocycles. The molecule has 0 bridgehead atoms. The molecule has 0 saturated carbocycles. The Balaban J connectivity index is 2.03. The van der Waals surface area contributed by atoms with Crippen LogP contribution in [-0.4, -0.2) is 39.5 Å². The van der Waals surface area contributed by atoms with Crippen molar-refractivity contribution in [1.29, 1.82) is 0 Å². The summed E-state index contributed by atoms with van der Waals surface area (Å²) >= 11 is 0. The van der Waals surface area contributed by atoms with Crippen LogP contribution in [-0.2, 0) is 6.54 Å². The number of aromatic nitrogens is 2. The number of aliphatic hydroxyl groups excluding tert-OH is 1. The molecule has 1 atom stereocenters. The van der Waals surface area contributed by atoms with Crippen molar-refractivity contribution in [2.24, 2.45) is 5.41 Å². The van der Waals surface area contributed by atoms with Crippen LogP contribution in [0.4, 0.5) is 0 Å². The lowest BCUT2D eigenvalue weighted by molar-refractivity contribution is 0.121. The van der Waals surface area contributed by atoms with Crippen molar-refractivity contribution >= 4 is 0 Å². The third-order valence-electron chi connectivity index (χ3n) is 3.34. The van der Waals surface area contributed by atoms with Gasteiger partial charge in [-0.25, -0.2) is 4.63 Å². The second kappa shape index (κ2) is 4.74. The summed E-state index contributed by atoms with van der Waals surface area (Å²) < 4.78 is 4.72. The third-order valence-corrected chi connectivity index (χ3v) is 3.34. The van der Waals surface area contributed by atoms with Crippen molar-refractivity contribution in [3.8, 4) is 0 Å². The summed E-state index contributed by atoms with van der Waals surface area (Å²) in [5.41, 5.74) is 1.89. The van der Waals surface area contributed by atoms with Crippen LogP contribution in [0.2, 0.25) is 0 Å². The van der Waals surface area contributed by atoms with E-state index in [1.54, 1.807) is 0 Å². The molecule has 1 aromatic rings. The highest BCUT2D eigenvalue weighted by atomic mass is 16.6. The SMILES string of the molecule is Cc1nonc1CN1CC[C@H](O)CC(C)(C)C1. The summed E-state index contributed by atoms with van der Waals surface area (Å²) in [4.78, 5) is 2.32. The predicted octanol–water partition coefficient (Wildman–Crippen LogP) is 1.36. The number of aliphatic hydroxyl groups is 1. The molecular weight excluding hydrogens is 218 g/mol. The molecular formula is C12H21N3O2. The van der Waals surface area contributed by atoms with Crippen molar-refractivity contribution in [1.82, 2.24) is 15.2 Å². The van der Waals surface area contributed by atoms with Gasteiger partial charge in [0.25, 0.3) is 0 Å². The second-order valence-corrected chi connectivity index (χ2v) is 5.82. The molecule has 1 aromatic heterocycles. The van der Waals surface area contributed by atoms with Crippen LogP contribution in [0.5, 0.6) is 0 Å². The van der Waals surface area contributed by atoms with Crippen LogP contribution in [0.3, 0.4) is 0 Å². The van der Waals surface area contributed by atoms with Crippen LogP contribution in [0.1, 0.15) is 38.1 Å². The van der Waals surface area contributed by atoms with Gasteiger partial charge in [0.2, 0.25) is 0 Å². The largest absolute Gasteiger partial charge is 0.393 e. The van der Waals surface area contributed by atoms with Crippen LogP contribution >= 0.6 is 0 Å². The molecule has 2 heterocycles. The molecule has 1 aliphatic rings. The Labute approximate surface area is 102 Å². The topological polar surface area (TPSA) is 62.4 Å². The van der Waals surface area contributed by atoms with Gasteiger partial charge in [-0.1, -0.05) is 24.2 Å². The predicted molar refractivity (Wildman–Crippen MR) is 63.3 cm³/mol. The first kappa shape index (κ1) is 12.5. The van der Waals surface area contributed by atoms with Gasteiger partial charge in [0, 0.05) is 19.6 Å². The highest BCUT2D eigenvalue weighted by molar-refractivity contribution is 5.04. The van der Waals surface area contributed by atoms with Crippen LogP contribution in [0.25, 0.3) is 0 Å². The summed E-state index contributed by atoms with van der Waals surface area (Å²) in [6.45, 7) is 8.92. The lowest BCUT2D eigenvalue weighted by atomic mass is 9.87. The number of hydrogen-bond donors (Lipinski definition) is 1. The zero-order valence-corrected chi connectivity index (χ0v) is 10.8. The van der Waals surface area contributed by atoms with Crippen molar-refractivity contribution in [2.75, 3.05) is 13.1 Å². The molecule has 0 aliphatic carbocycles. The van der Waals surface area contributed by atoms with Crippen molar-refractivity contribution in [3.63, 3.8) is 0 Å². The summed E-state index contributed by atoms with van der Waals surface area (Å²) in [5.74, 6) is 0. The lowest BCUT2D eigenvalue weighted by Gasteiger charge is -2.29. The van der Waals surface area contributed by atoms with Crippen molar-refractivity contribution in [3.05, 3.63) is 11.4 Å². The fourth-order valence-electron chi connectivity index (χ4n) is 2.56. The highest BCUT2D eigenvalue weighted by Crippen LogP contribution is 2.29. The van der Waals surface area contributed by atoms with Gasteiger partial charge in [-0.15, -0.1) is 0 Å². The highest BCUT2D eigenvalue weighted by Gasteiger charge is 2.29. The smallest absolute Gasteiger partial charge is 0.122 e. The summed E-state index contributed by atoms with van der Waals surface area (Å²) in [5, 5.41) is 17.6. The molecule has 96 valence electrons. The first-order valence-electron chi connectivity index (χ1n) is 6.15. The van der Waals surface area contributed by atoms with E-state index in [1.165, 1.54) is 0 Å². The van der Waals surface area contributed by atoms with Gasteiger partial charge in [0.15, 0.2) is 0 Å². The fraction of sp³-hybridized carbons (Fsp3) is 0.833. The normalized spacial score (nSPS) is 25.8. The summed E-state index contributed by atoms with van der Waals surface area (Å²) in [7, 11) is 0. The Hall–Kier alpha value is -0.940. The van der Waals surface area contributed by atoms with E-state index in [4.69, 9.17) is 4.63 Å². The Morgan fingerprint density at radius 2 is 2.24 bits per heavy atom. The molecule has 17 heavy (non-hydrogen) atoms. The standard InChI is InChI=1S/C12H21N3O2/c1-9-11(14-17-13-9)7-15-5-4-10(16)6-12(2,3)8-15/h10,16H,4-8H2,1-3H3/t10-/m0/s1. The van der Waals surface area contributed by atoms with E-state index in [-0.39, 0.29) is 11.5 Å². The minimum absolute atomic E-state index is 0.140. The minimum atomic E-state index is -0.188. The van der Waals surface area contributed by atoms with Crippen molar-refractivity contribution < 1.29 is 9.74 Å². The van der Waals surface area contributed by atoms with E-state index in [0.717, 1.165) is 43.9 Å². The monoisotopic (exact) mass is 239 g/mol. The van der Waals surface area contributed by atoms with Gasteiger partial charge < -0.3 is 5.11 Å². The van der Waals surface area contributed by atoms with Gasteiger partial charge in [-0.2, -0.15) is 0 Å². The number of rotatable bonds is 2. The van der Waals surface area contributed by atoms with E-state index in [1.807, 2.05) is 6.92 Å². The van der Waals surface area contributed by atoms with Crippen LogP contribution in [0, 0.1) is 12.3 Å². The zero-order chi connectivity index (χ0) is 12.5. The molecule has 5 nitrogen and oxygen atoms in total. The number of likely N-dealkylation sites (tertiary alicyclic amines) is 1. The molecule has 5 heteroatoms. The average molecular weight is 239 g/mol. The van der Waals surface area contributed by atoms with E-state index < -0.39 is 0 Å². The Morgan fingerprint density at radius 3 is 2.88 bits per heavy atom. The summed E-state index contributed by atoms with van der Waals surface area (Å²) in [6.07, 6.45) is 1.50. The molecule has 1 aliphatic heterocycles. The first-order chi connectivity index (χ1) is 7.96. The minimum Gasteiger partial charge on any atom is -0.393 e. The van der Waals surface area contributed by atoms with Crippen LogP contribution < -0.4 is 0 Å². The summed E-state index contributed by atoms with van der Waals surface area (Å²) in [6, 6.07) is 0. The molecule has 2 rings (SSSR count). The maximum atomic E-state index is 9.85. The Kier molecular flexibility index (Phi) is 3.49. The first-order valence-corrected chi connectivity index (χ1v) is 6.15. The maximum absolute atomic E-state index is 9.85. The molecule has 1 fully saturated rings. The third kappa shape index (κ3) is 3.26. The van der Waals surface area contributed by atoms with Gasteiger partial charge in [0.05, 0.1) is 6.10 Å². The number of hydrogen-bond acceptors (Lipinski definition) is 5. The Morgan fingerprint density at radius 1 is 1.47 bits per heavy atom. The zero-order valence-electron chi connectivity index (χ0n) is 10.8. The van der Waals surface area contributed by atoms with E-state index in [0.29, 0.717) is 0 Å². The molecule has 0 amide bonds. The number of aryl methyl sites for hydroxylation is 1. The Bertz CT molecular complexity index is 376.